The van der Waals surface area contributed by atoms with E-state index in [4.69, 9.17) is 14.0 Å². The third kappa shape index (κ3) is 5.14. The summed E-state index contributed by atoms with van der Waals surface area (Å²) in [5.41, 5.74) is 0. The summed E-state index contributed by atoms with van der Waals surface area (Å²) >= 11 is 0. The van der Waals surface area contributed by atoms with Gasteiger partial charge in [-0.2, -0.15) is 4.98 Å². The molecule has 0 aliphatic carbocycles. The topological polar surface area (TPSA) is 77.6 Å². The van der Waals surface area contributed by atoms with Crippen LogP contribution < -0.4 is 4.74 Å². The van der Waals surface area contributed by atoms with Crippen LogP contribution in [0.4, 0.5) is 0 Å². The van der Waals surface area contributed by atoms with Gasteiger partial charge in [0.2, 0.25) is 0 Å². The largest absolute Gasteiger partial charge is 0.446 e. The molecule has 0 aliphatic heterocycles. The first-order chi connectivity index (χ1) is 7.99. The molecule has 0 bridgehead atoms. The van der Waals surface area contributed by atoms with Crippen LogP contribution in [0.3, 0.4) is 0 Å². The van der Waals surface area contributed by atoms with Gasteiger partial charge in [-0.05, 0) is 13.8 Å². The number of ether oxygens (including phenoxy) is 2. The number of hydrogen-bond acceptors (Lipinski definition) is 6. The van der Waals surface area contributed by atoms with Crippen molar-refractivity contribution in [3.63, 3.8) is 0 Å². The second kappa shape index (κ2) is 6.56. The minimum atomic E-state index is -0.702. The second-order valence-corrected chi connectivity index (χ2v) is 4.42. The molecule has 1 aromatic heterocycles. The average molecular weight is 244 g/mol. The number of nitrogens with zero attached hydrogens (tertiary/aromatic N) is 2. The summed E-state index contributed by atoms with van der Waals surface area (Å²) in [4.78, 5) is 4.03. The molecule has 0 saturated heterocycles. The number of aromatic nitrogens is 2. The fourth-order valence-corrected chi connectivity index (χ4v) is 1.03. The van der Waals surface area contributed by atoms with Crippen LogP contribution >= 0.6 is 0 Å². The normalized spacial score (nSPS) is 13.4. The lowest BCUT2D eigenvalue weighted by molar-refractivity contribution is -0.0172. The van der Waals surface area contributed by atoms with Crippen LogP contribution in [0.5, 0.6) is 6.08 Å². The summed E-state index contributed by atoms with van der Waals surface area (Å²) in [7, 11) is 0. The highest BCUT2D eigenvalue weighted by atomic mass is 16.6. The van der Waals surface area contributed by atoms with Gasteiger partial charge in [0, 0.05) is 5.92 Å². The van der Waals surface area contributed by atoms with Gasteiger partial charge in [0.25, 0.3) is 0 Å². The van der Waals surface area contributed by atoms with E-state index >= 15 is 0 Å². The minimum Gasteiger partial charge on any atom is -0.446 e. The molecule has 0 amide bonds. The fourth-order valence-electron chi connectivity index (χ4n) is 1.03. The molecule has 6 nitrogen and oxygen atoms in total. The van der Waals surface area contributed by atoms with Crippen molar-refractivity contribution in [1.82, 2.24) is 10.1 Å². The molecule has 1 rings (SSSR count). The molecule has 98 valence electrons. The number of rotatable bonds is 7. The molecule has 1 aromatic rings. The van der Waals surface area contributed by atoms with Gasteiger partial charge >= 0.3 is 6.08 Å². The predicted molar refractivity (Wildman–Crippen MR) is 61.0 cm³/mol. The molecule has 0 fully saturated rings. The van der Waals surface area contributed by atoms with Crippen LogP contribution in [-0.2, 0) is 4.74 Å². The van der Waals surface area contributed by atoms with Crippen LogP contribution in [0.15, 0.2) is 4.52 Å². The molecule has 1 atom stereocenters. The van der Waals surface area contributed by atoms with E-state index in [-0.39, 0.29) is 31.3 Å². The lowest BCUT2D eigenvalue weighted by Gasteiger charge is -2.12. The molecule has 1 heterocycles. The van der Waals surface area contributed by atoms with Gasteiger partial charge in [0.15, 0.2) is 5.82 Å². The SMILES string of the molecule is CC(C)OCC(O)COc1nc(C(C)C)no1. The third-order valence-corrected chi connectivity index (χ3v) is 1.96. The highest BCUT2D eigenvalue weighted by Gasteiger charge is 2.13. The van der Waals surface area contributed by atoms with Crippen LogP contribution in [-0.4, -0.2) is 40.7 Å². The molecule has 17 heavy (non-hydrogen) atoms. The standard InChI is InChI=1S/C11H20N2O4/c1-7(2)10-12-11(17-13-10)16-6-9(14)5-15-8(3)4/h7-9,14H,5-6H2,1-4H3. The minimum absolute atomic E-state index is 0.0758. The first kappa shape index (κ1) is 13.9. The lowest BCUT2D eigenvalue weighted by Crippen LogP contribution is -2.25. The molecule has 0 saturated carbocycles. The second-order valence-electron chi connectivity index (χ2n) is 4.42. The Balaban J connectivity index is 2.29. The van der Waals surface area contributed by atoms with E-state index in [9.17, 15) is 5.11 Å². The van der Waals surface area contributed by atoms with Crippen LogP contribution in [0.1, 0.15) is 39.4 Å². The van der Waals surface area contributed by atoms with Crippen molar-refractivity contribution >= 4 is 0 Å². The monoisotopic (exact) mass is 244 g/mol. The van der Waals surface area contributed by atoms with Gasteiger partial charge < -0.3 is 14.6 Å². The predicted octanol–water partition coefficient (Wildman–Crippen LogP) is 1.36. The molecule has 0 aliphatic rings. The highest BCUT2D eigenvalue weighted by Crippen LogP contribution is 2.14. The zero-order valence-electron chi connectivity index (χ0n) is 10.7. The molecule has 0 radical (unpaired) electrons. The number of hydrogen-bond donors (Lipinski definition) is 1. The first-order valence-electron chi connectivity index (χ1n) is 5.75. The first-order valence-corrected chi connectivity index (χ1v) is 5.75. The van der Waals surface area contributed by atoms with Gasteiger partial charge in [0.05, 0.1) is 12.7 Å². The van der Waals surface area contributed by atoms with Gasteiger partial charge in [-0.15, -0.1) is 0 Å². The Morgan fingerprint density at radius 3 is 2.47 bits per heavy atom. The Morgan fingerprint density at radius 2 is 1.94 bits per heavy atom. The summed E-state index contributed by atoms with van der Waals surface area (Å²) in [6, 6.07) is 0. The summed E-state index contributed by atoms with van der Waals surface area (Å²) < 4.78 is 15.3. The lowest BCUT2D eigenvalue weighted by atomic mass is 10.2. The van der Waals surface area contributed by atoms with Crippen molar-refractivity contribution in [3.8, 4) is 6.08 Å². The maximum absolute atomic E-state index is 9.54. The maximum Gasteiger partial charge on any atom is 0.417 e. The zero-order chi connectivity index (χ0) is 12.8. The average Bonchev–Trinajstić information content (AvgIpc) is 2.72. The number of aliphatic hydroxyl groups excluding tert-OH is 1. The maximum atomic E-state index is 9.54. The number of aliphatic hydroxyl groups is 1. The van der Waals surface area contributed by atoms with Crippen LogP contribution in [0.25, 0.3) is 0 Å². The van der Waals surface area contributed by atoms with Gasteiger partial charge in [-0.1, -0.05) is 19.0 Å². The Bertz CT molecular complexity index is 325. The third-order valence-electron chi connectivity index (χ3n) is 1.96. The van der Waals surface area contributed by atoms with E-state index in [1.54, 1.807) is 0 Å². The molecule has 0 spiro atoms. The summed E-state index contributed by atoms with van der Waals surface area (Å²) in [6.07, 6.45) is -0.537. The Morgan fingerprint density at radius 1 is 1.24 bits per heavy atom. The smallest absolute Gasteiger partial charge is 0.417 e. The van der Waals surface area contributed by atoms with Crippen LogP contribution in [0.2, 0.25) is 0 Å². The Kier molecular flexibility index (Phi) is 5.37. The van der Waals surface area contributed by atoms with E-state index in [1.807, 2.05) is 27.7 Å². The van der Waals surface area contributed by atoms with E-state index in [2.05, 4.69) is 10.1 Å². The van der Waals surface area contributed by atoms with Crippen molar-refractivity contribution < 1.29 is 19.1 Å². The van der Waals surface area contributed by atoms with E-state index in [1.165, 1.54) is 0 Å². The zero-order valence-corrected chi connectivity index (χ0v) is 10.7. The van der Waals surface area contributed by atoms with Crippen molar-refractivity contribution in [3.05, 3.63) is 5.82 Å². The van der Waals surface area contributed by atoms with Crippen molar-refractivity contribution in [1.29, 1.82) is 0 Å². The Labute approximate surface area is 101 Å². The molecular weight excluding hydrogens is 224 g/mol. The molecule has 6 heteroatoms. The van der Waals surface area contributed by atoms with Crippen molar-refractivity contribution in [2.75, 3.05) is 13.2 Å². The van der Waals surface area contributed by atoms with Gasteiger partial charge in [-0.3, -0.25) is 4.52 Å². The summed E-state index contributed by atoms with van der Waals surface area (Å²) in [5, 5.41) is 13.3. The van der Waals surface area contributed by atoms with Crippen LogP contribution in [0, 0.1) is 0 Å². The molecular formula is C11H20N2O4. The summed E-state index contributed by atoms with van der Waals surface area (Å²) in [5.74, 6) is 0.776. The van der Waals surface area contributed by atoms with Gasteiger partial charge in [-0.25, -0.2) is 0 Å². The van der Waals surface area contributed by atoms with Gasteiger partial charge in [0.1, 0.15) is 12.7 Å². The summed E-state index contributed by atoms with van der Waals surface area (Å²) in [6.45, 7) is 8.02. The van der Waals surface area contributed by atoms with E-state index in [0.717, 1.165) is 0 Å². The molecule has 1 N–H and O–H groups in total. The molecule has 1 unspecified atom stereocenters. The van der Waals surface area contributed by atoms with E-state index in [0.29, 0.717) is 5.82 Å². The van der Waals surface area contributed by atoms with Crippen molar-refractivity contribution in [2.45, 2.75) is 45.8 Å². The highest BCUT2D eigenvalue weighted by molar-refractivity contribution is 4.94. The Hall–Kier alpha value is -1.14. The van der Waals surface area contributed by atoms with E-state index < -0.39 is 6.10 Å². The van der Waals surface area contributed by atoms with Crippen molar-refractivity contribution in [2.24, 2.45) is 0 Å². The molecule has 0 aromatic carbocycles. The quantitative estimate of drug-likeness (QED) is 0.780. The fraction of sp³-hybridized carbons (Fsp3) is 0.818.